The lowest BCUT2D eigenvalue weighted by atomic mass is 10.2. The molecule has 0 radical (unpaired) electrons. The highest BCUT2D eigenvalue weighted by atomic mass is 31.0. The van der Waals surface area contributed by atoms with Crippen molar-refractivity contribution in [2.45, 2.75) is 72.3 Å². The summed E-state index contributed by atoms with van der Waals surface area (Å²) in [6, 6.07) is 0. The molecule has 0 heterocycles. The summed E-state index contributed by atoms with van der Waals surface area (Å²) in [5.74, 6) is 0. The van der Waals surface area contributed by atoms with Crippen LogP contribution in [0, 0.1) is 0 Å². The Labute approximate surface area is 159 Å². The molecular weight excluding hydrogens is 323 g/mol. The van der Waals surface area contributed by atoms with Gasteiger partial charge in [-0.1, -0.05) is 101 Å². The van der Waals surface area contributed by atoms with Gasteiger partial charge in [-0.05, 0) is 38.5 Å². The van der Waals surface area contributed by atoms with Crippen LogP contribution in [0.25, 0.3) is 0 Å². The zero-order valence-electron chi connectivity index (χ0n) is 15.4. The summed E-state index contributed by atoms with van der Waals surface area (Å²) in [6.07, 6.45) is 33.7. The predicted molar refractivity (Wildman–Crippen MR) is 120 cm³/mol. The molecule has 0 saturated heterocycles. The van der Waals surface area contributed by atoms with E-state index in [0.717, 1.165) is 44.9 Å². The van der Waals surface area contributed by atoms with Crippen molar-refractivity contribution in [3.05, 3.63) is 72.9 Å². The first-order chi connectivity index (χ1) is 11.8. The topological polar surface area (TPSA) is 9.23 Å². The molecule has 0 bridgehead atoms. The fraction of sp³-hybridized carbons (Fsp3) is 0.478. The molecule has 0 N–H and O–H groups in total. The molecule has 1 nitrogen and oxygen atoms in total. The molecule has 25 heavy (non-hydrogen) atoms. The first kappa shape index (κ1) is 26.1. The second-order valence-electron chi connectivity index (χ2n) is 5.51. The van der Waals surface area contributed by atoms with E-state index < -0.39 is 0 Å². The Morgan fingerprint density at radius 1 is 0.720 bits per heavy atom. The van der Waals surface area contributed by atoms with Gasteiger partial charge < -0.3 is 4.52 Å². The lowest BCUT2D eigenvalue weighted by molar-refractivity contribution is 0.279. The van der Waals surface area contributed by atoms with Crippen LogP contribution in [0.5, 0.6) is 0 Å². The molecule has 2 atom stereocenters. The summed E-state index contributed by atoms with van der Waals surface area (Å²) < 4.78 is 5.28. The van der Waals surface area contributed by atoms with Gasteiger partial charge in [0.05, 0.1) is 6.10 Å². The molecule has 0 saturated carbocycles. The van der Waals surface area contributed by atoms with Crippen LogP contribution in [-0.4, -0.2) is 6.10 Å². The highest BCUT2D eigenvalue weighted by molar-refractivity contribution is 7.09. The van der Waals surface area contributed by atoms with E-state index in [2.05, 4.69) is 96.2 Å². The summed E-state index contributed by atoms with van der Waals surface area (Å²) in [5.41, 5.74) is 0. The molecule has 0 aromatic carbocycles. The SMILES string of the molecule is C.CC/C=C\C/C=C\C/C=C\C/C=C\C/C=C\C=C\C(CCC)OP. The van der Waals surface area contributed by atoms with E-state index in [1.807, 2.05) is 0 Å². The molecular formula is C23H39OP. The Kier molecular flexibility index (Phi) is 23.8. The number of hydrogen-bond donors (Lipinski definition) is 0. The van der Waals surface area contributed by atoms with E-state index in [1.165, 1.54) is 0 Å². The van der Waals surface area contributed by atoms with Crippen LogP contribution < -0.4 is 0 Å². The molecule has 0 amide bonds. The third-order valence-corrected chi connectivity index (χ3v) is 3.66. The van der Waals surface area contributed by atoms with Crippen molar-refractivity contribution in [2.24, 2.45) is 0 Å². The lowest BCUT2D eigenvalue weighted by Crippen LogP contribution is -2.01. The van der Waals surface area contributed by atoms with Crippen molar-refractivity contribution < 1.29 is 4.52 Å². The summed E-state index contributed by atoms with van der Waals surface area (Å²) in [7, 11) is 2.34. The van der Waals surface area contributed by atoms with E-state index in [4.69, 9.17) is 4.52 Å². The first-order valence-corrected chi connectivity index (χ1v) is 9.61. The molecule has 0 rings (SSSR count). The Hall–Kier alpha value is -1.17. The standard InChI is InChI=1S/C22H35OP.CH4/c1-3-5-6-7-8-9-10-11-12-13-14-15-16-17-18-19-21-22(23-24)20-4-2;/h5-6,8-9,11-12,14-15,17-19,21-22H,3-4,7,10,13,16,20,24H2,1-2H3;1H4/b6-5-,9-8-,12-11-,15-14-,18-17-,21-19+;. The monoisotopic (exact) mass is 362 g/mol. The minimum atomic E-state index is 0. The Morgan fingerprint density at radius 2 is 1.20 bits per heavy atom. The number of allylic oxidation sites excluding steroid dienone is 11. The van der Waals surface area contributed by atoms with Gasteiger partial charge in [0.25, 0.3) is 0 Å². The fourth-order valence-electron chi connectivity index (χ4n) is 1.99. The van der Waals surface area contributed by atoms with Gasteiger partial charge in [0.1, 0.15) is 0 Å². The van der Waals surface area contributed by atoms with Crippen molar-refractivity contribution in [1.29, 1.82) is 0 Å². The van der Waals surface area contributed by atoms with E-state index in [9.17, 15) is 0 Å². The maximum atomic E-state index is 5.28. The molecule has 2 heteroatoms. The smallest absolute Gasteiger partial charge is 0.0794 e. The third kappa shape index (κ3) is 20.8. The Bertz CT molecular complexity index is 427. The fourth-order valence-corrected chi connectivity index (χ4v) is 2.22. The van der Waals surface area contributed by atoms with E-state index >= 15 is 0 Å². The summed E-state index contributed by atoms with van der Waals surface area (Å²) in [6.45, 7) is 4.33. The van der Waals surface area contributed by atoms with Crippen molar-refractivity contribution in [1.82, 2.24) is 0 Å². The summed E-state index contributed by atoms with van der Waals surface area (Å²) >= 11 is 0. The van der Waals surface area contributed by atoms with E-state index in [-0.39, 0.29) is 13.5 Å². The van der Waals surface area contributed by atoms with Crippen LogP contribution in [0.3, 0.4) is 0 Å². The van der Waals surface area contributed by atoms with Crippen molar-refractivity contribution in [3.8, 4) is 0 Å². The van der Waals surface area contributed by atoms with Gasteiger partial charge in [-0.15, -0.1) is 0 Å². The number of rotatable bonds is 14. The van der Waals surface area contributed by atoms with Gasteiger partial charge in [-0.25, -0.2) is 0 Å². The number of hydrogen-bond acceptors (Lipinski definition) is 1. The quantitative estimate of drug-likeness (QED) is 0.173. The van der Waals surface area contributed by atoms with Crippen LogP contribution in [0.2, 0.25) is 0 Å². The van der Waals surface area contributed by atoms with Crippen LogP contribution in [-0.2, 0) is 4.52 Å². The Morgan fingerprint density at radius 3 is 1.64 bits per heavy atom. The summed E-state index contributed by atoms with van der Waals surface area (Å²) in [5, 5.41) is 0. The third-order valence-electron chi connectivity index (χ3n) is 3.31. The maximum Gasteiger partial charge on any atom is 0.0794 e. The predicted octanol–water partition coefficient (Wildman–Crippen LogP) is 7.91. The molecule has 0 aliphatic carbocycles. The molecule has 0 spiro atoms. The van der Waals surface area contributed by atoms with E-state index in [1.54, 1.807) is 0 Å². The van der Waals surface area contributed by atoms with Crippen molar-refractivity contribution in [3.63, 3.8) is 0 Å². The molecule has 0 fully saturated rings. The van der Waals surface area contributed by atoms with Gasteiger partial charge in [0.15, 0.2) is 0 Å². The highest BCUT2D eigenvalue weighted by Gasteiger charge is 1.98. The van der Waals surface area contributed by atoms with Crippen LogP contribution >= 0.6 is 9.47 Å². The van der Waals surface area contributed by atoms with Crippen LogP contribution in [0.4, 0.5) is 0 Å². The minimum absolute atomic E-state index is 0. The summed E-state index contributed by atoms with van der Waals surface area (Å²) in [4.78, 5) is 0. The normalized spacial score (nSPS) is 14.0. The second kappa shape index (κ2) is 22.8. The average molecular weight is 363 g/mol. The maximum absolute atomic E-state index is 5.28. The van der Waals surface area contributed by atoms with Crippen LogP contribution in [0.15, 0.2) is 72.9 Å². The zero-order valence-corrected chi connectivity index (χ0v) is 16.6. The first-order valence-electron chi connectivity index (χ1n) is 9.13. The highest BCUT2D eigenvalue weighted by Crippen LogP contribution is 2.07. The molecule has 142 valence electrons. The van der Waals surface area contributed by atoms with Gasteiger partial charge in [-0.3, -0.25) is 0 Å². The van der Waals surface area contributed by atoms with Gasteiger partial charge in [-0.2, -0.15) is 0 Å². The van der Waals surface area contributed by atoms with E-state index in [0.29, 0.717) is 0 Å². The molecule has 0 aliphatic rings. The lowest BCUT2D eigenvalue weighted by Gasteiger charge is -2.07. The molecule has 0 aromatic heterocycles. The van der Waals surface area contributed by atoms with Gasteiger partial charge >= 0.3 is 0 Å². The van der Waals surface area contributed by atoms with Gasteiger partial charge in [0.2, 0.25) is 0 Å². The molecule has 2 unspecified atom stereocenters. The average Bonchev–Trinajstić information content (AvgIpc) is 2.60. The second-order valence-corrected chi connectivity index (χ2v) is 5.79. The van der Waals surface area contributed by atoms with Crippen molar-refractivity contribution in [2.75, 3.05) is 0 Å². The minimum Gasteiger partial charge on any atom is -0.358 e. The van der Waals surface area contributed by atoms with Gasteiger partial charge in [0, 0.05) is 9.47 Å². The van der Waals surface area contributed by atoms with Crippen LogP contribution in [0.1, 0.15) is 66.2 Å². The molecule has 0 aliphatic heterocycles. The molecule has 0 aromatic rings. The Balaban J connectivity index is 0. The largest absolute Gasteiger partial charge is 0.358 e. The van der Waals surface area contributed by atoms with Crippen molar-refractivity contribution >= 4 is 9.47 Å². The zero-order chi connectivity index (χ0) is 17.7.